The Morgan fingerprint density at radius 2 is 2.29 bits per heavy atom. The van der Waals surface area contributed by atoms with Gasteiger partial charge in [-0.15, -0.1) is 11.3 Å². The average molecular weight is 266 g/mol. The summed E-state index contributed by atoms with van der Waals surface area (Å²) in [5.41, 5.74) is 2.20. The minimum absolute atomic E-state index is 0.175. The molecule has 3 heterocycles. The first kappa shape index (κ1) is 11.4. The Hall–Kier alpha value is -0.740. The molecule has 0 amide bonds. The summed E-state index contributed by atoms with van der Waals surface area (Å²) < 4.78 is 5.24. The van der Waals surface area contributed by atoms with Crippen molar-refractivity contribution >= 4 is 28.9 Å². The smallest absolute Gasteiger partial charge is 0.202 e. The van der Waals surface area contributed by atoms with Crippen LogP contribution in [0.15, 0.2) is 17.9 Å². The lowest BCUT2D eigenvalue weighted by atomic mass is 10.0. The average Bonchev–Trinajstić information content (AvgIpc) is 2.82. The minimum Gasteiger partial charge on any atom is -0.501 e. The zero-order chi connectivity index (χ0) is 11.7. The predicted molar refractivity (Wildman–Crippen MR) is 71.8 cm³/mol. The molecule has 2 nitrogen and oxygen atoms in total. The van der Waals surface area contributed by atoms with E-state index in [9.17, 15) is 4.79 Å². The molecule has 2 aliphatic rings. The molecule has 1 aromatic rings. The lowest BCUT2D eigenvalue weighted by molar-refractivity contribution is 0.101. The molecule has 0 unspecified atom stereocenters. The second-order valence-electron chi connectivity index (χ2n) is 4.31. The number of hydrogen-bond acceptors (Lipinski definition) is 4. The van der Waals surface area contributed by atoms with Gasteiger partial charge in [-0.25, -0.2) is 0 Å². The number of ether oxygens (including phenoxy) is 1. The first-order valence-corrected chi connectivity index (χ1v) is 7.86. The van der Waals surface area contributed by atoms with Gasteiger partial charge in [0.25, 0.3) is 0 Å². The minimum atomic E-state index is 0.175. The van der Waals surface area contributed by atoms with Crippen LogP contribution in [0.3, 0.4) is 0 Å². The molecule has 0 bridgehead atoms. The van der Waals surface area contributed by atoms with Crippen molar-refractivity contribution in [2.45, 2.75) is 25.0 Å². The van der Waals surface area contributed by atoms with Crippen molar-refractivity contribution in [1.82, 2.24) is 0 Å². The van der Waals surface area contributed by atoms with Gasteiger partial charge < -0.3 is 4.74 Å². The van der Waals surface area contributed by atoms with Gasteiger partial charge in [-0.2, -0.15) is 11.8 Å². The van der Waals surface area contributed by atoms with Gasteiger partial charge in [0.15, 0.2) is 0 Å². The maximum Gasteiger partial charge on any atom is 0.202 e. The van der Waals surface area contributed by atoms with Gasteiger partial charge in [0.05, 0.1) is 17.7 Å². The number of ketones is 1. The van der Waals surface area contributed by atoms with Crippen LogP contribution in [0.25, 0.3) is 0 Å². The fourth-order valence-electron chi connectivity index (χ4n) is 2.15. The number of fused-ring (bicyclic) bond motifs is 1. The van der Waals surface area contributed by atoms with E-state index < -0.39 is 0 Å². The van der Waals surface area contributed by atoms with Crippen LogP contribution < -0.4 is 0 Å². The monoisotopic (exact) mass is 266 g/mol. The largest absolute Gasteiger partial charge is 0.501 e. The van der Waals surface area contributed by atoms with E-state index >= 15 is 0 Å². The maximum absolute atomic E-state index is 12.3. The number of thiophene rings is 1. The van der Waals surface area contributed by atoms with Crippen molar-refractivity contribution in [3.05, 3.63) is 33.2 Å². The SMILES string of the molecule is O=C(C1=COCCC1)c1cc2c(s1)CCSC2. The Morgan fingerprint density at radius 1 is 1.35 bits per heavy atom. The number of allylic oxidation sites excluding steroid dienone is 1. The van der Waals surface area contributed by atoms with Crippen molar-refractivity contribution in [2.75, 3.05) is 12.4 Å². The zero-order valence-corrected chi connectivity index (χ0v) is 11.2. The zero-order valence-electron chi connectivity index (χ0n) is 9.53. The summed E-state index contributed by atoms with van der Waals surface area (Å²) in [4.78, 5) is 14.6. The van der Waals surface area contributed by atoms with Gasteiger partial charge in [-0.05, 0) is 36.6 Å². The predicted octanol–water partition coefficient (Wildman–Crippen LogP) is 3.41. The fourth-order valence-corrected chi connectivity index (χ4v) is 4.50. The summed E-state index contributed by atoms with van der Waals surface area (Å²) >= 11 is 3.63. The third-order valence-electron chi connectivity index (χ3n) is 3.08. The molecular weight excluding hydrogens is 252 g/mol. The second kappa shape index (κ2) is 4.86. The van der Waals surface area contributed by atoms with Crippen molar-refractivity contribution in [2.24, 2.45) is 0 Å². The van der Waals surface area contributed by atoms with E-state index in [0.29, 0.717) is 0 Å². The van der Waals surface area contributed by atoms with Gasteiger partial charge >= 0.3 is 0 Å². The molecule has 17 heavy (non-hydrogen) atoms. The molecular formula is C13H14O2S2. The molecule has 0 saturated heterocycles. The molecule has 0 radical (unpaired) electrons. The molecule has 3 rings (SSSR count). The van der Waals surface area contributed by atoms with Crippen LogP contribution in [0.5, 0.6) is 0 Å². The number of aryl methyl sites for hydroxylation is 1. The van der Waals surface area contributed by atoms with E-state index in [0.717, 1.165) is 42.1 Å². The van der Waals surface area contributed by atoms with Crippen LogP contribution in [0.2, 0.25) is 0 Å². The number of Topliss-reactive ketones (excluding diaryl/α,β-unsaturated/α-hetero) is 1. The van der Waals surface area contributed by atoms with Gasteiger partial charge in [0.2, 0.25) is 5.78 Å². The lowest BCUT2D eigenvalue weighted by Crippen LogP contribution is -2.07. The Kier molecular flexibility index (Phi) is 3.25. The molecule has 4 heteroatoms. The number of carbonyl (C=O) groups excluding carboxylic acids is 1. The molecule has 0 N–H and O–H groups in total. The summed E-state index contributed by atoms with van der Waals surface area (Å²) in [6.45, 7) is 0.744. The second-order valence-corrected chi connectivity index (χ2v) is 6.55. The van der Waals surface area contributed by atoms with Crippen molar-refractivity contribution in [1.29, 1.82) is 0 Å². The summed E-state index contributed by atoms with van der Waals surface area (Å²) in [5, 5.41) is 0. The summed E-state index contributed by atoms with van der Waals surface area (Å²) in [6, 6.07) is 2.09. The van der Waals surface area contributed by atoms with Crippen LogP contribution in [0, 0.1) is 0 Å². The van der Waals surface area contributed by atoms with Gasteiger partial charge in [0.1, 0.15) is 0 Å². The summed E-state index contributed by atoms with van der Waals surface area (Å²) in [6.07, 6.45) is 4.58. The highest BCUT2D eigenvalue weighted by atomic mass is 32.2. The molecule has 0 saturated carbocycles. The van der Waals surface area contributed by atoms with Crippen LogP contribution in [-0.4, -0.2) is 18.1 Å². The third-order valence-corrected chi connectivity index (χ3v) is 5.32. The summed E-state index contributed by atoms with van der Waals surface area (Å²) in [5.74, 6) is 2.43. The highest BCUT2D eigenvalue weighted by Gasteiger charge is 2.21. The normalized spacial score (nSPS) is 19.2. The highest BCUT2D eigenvalue weighted by Crippen LogP contribution is 2.33. The Labute approximate surface area is 109 Å². The van der Waals surface area contributed by atoms with Crippen LogP contribution >= 0.6 is 23.1 Å². The van der Waals surface area contributed by atoms with Crippen molar-refractivity contribution in [3.8, 4) is 0 Å². The van der Waals surface area contributed by atoms with Crippen molar-refractivity contribution < 1.29 is 9.53 Å². The Bertz CT molecular complexity index is 450. The molecule has 0 atom stereocenters. The number of hydrogen-bond donors (Lipinski definition) is 0. The standard InChI is InChI=1S/C13H14O2S2/c14-13(9-2-1-4-15-7-9)12-6-10-8-16-5-3-11(10)17-12/h6-7H,1-5,8H2. The van der Waals surface area contributed by atoms with Crippen LogP contribution in [0.1, 0.15) is 33.0 Å². The van der Waals surface area contributed by atoms with Gasteiger partial charge in [-0.3, -0.25) is 4.79 Å². The maximum atomic E-state index is 12.3. The molecule has 2 aliphatic heterocycles. The quantitative estimate of drug-likeness (QED) is 0.767. The van der Waals surface area contributed by atoms with E-state index in [1.54, 1.807) is 17.6 Å². The van der Waals surface area contributed by atoms with E-state index in [-0.39, 0.29) is 5.78 Å². The fraction of sp³-hybridized carbons (Fsp3) is 0.462. The van der Waals surface area contributed by atoms with E-state index in [1.807, 2.05) is 11.8 Å². The molecule has 90 valence electrons. The highest BCUT2D eigenvalue weighted by molar-refractivity contribution is 7.98. The topological polar surface area (TPSA) is 26.3 Å². The molecule has 0 aliphatic carbocycles. The Balaban J connectivity index is 1.86. The van der Waals surface area contributed by atoms with Crippen LogP contribution in [-0.2, 0) is 16.9 Å². The van der Waals surface area contributed by atoms with Gasteiger partial charge in [0, 0.05) is 16.2 Å². The number of carbonyl (C=O) groups is 1. The molecule has 0 aromatic carbocycles. The van der Waals surface area contributed by atoms with E-state index in [2.05, 4.69) is 6.07 Å². The Morgan fingerprint density at radius 3 is 3.06 bits per heavy atom. The summed E-state index contributed by atoms with van der Waals surface area (Å²) in [7, 11) is 0. The van der Waals surface area contributed by atoms with Crippen LogP contribution in [0.4, 0.5) is 0 Å². The molecule has 0 fully saturated rings. The van der Waals surface area contributed by atoms with E-state index in [4.69, 9.17) is 4.74 Å². The first-order chi connectivity index (χ1) is 8.34. The lowest BCUT2D eigenvalue weighted by Gasteiger charge is -2.11. The number of thioether (sulfide) groups is 1. The van der Waals surface area contributed by atoms with Gasteiger partial charge in [-0.1, -0.05) is 0 Å². The first-order valence-electron chi connectivity index (χ1n) is 5.89. The third kappa shape index (κ3) is 2.29. The van der Waals surface area contributed by atoms with E-state index in [1.165, 1.54) is 16.2 Å². The number of rotatable bonds is 2. The van der Waals surface area contributed by atoms with Crippen molar-refractivity contribution in [3.63, 3.8) is 0 Å². The molecule has 1 aromatic heterocycles. The molecule has 0 spiro atoms.